The standard InChI is InChI=1S/C89H58BN3/c1-87(2)66-40-19-16-37-63(66)81-73(87)47-26-48-78(81)91(55-27-6-3-7-28-55)58-53-79-84-80(54-58)93(57-31-10-5-11-32-57)86-77(52-50-75-83(86)65-39-18-25-46-72(65)89(75)69-43-22-14-35-61(69)62-36-15-23-44-70(62)89)90(84)76-51-49-74-82(85(76)92(79)56-29-8-4-9-30-56)64-38-17-24-45-71(64)88(74)67-41-20-12-33-59(67)60-34-13-21-42-68(60)88/h3-54H,1-2H3. The first-order chi connectivity index (χ1) is 46.0. The van der Waals surface area contributed by atoms with Crippen molar-refractivity contribution in [3.05, 3.63) is 371 Å². The molecule has 5 aliphatic carbocycles. The molecule has 3 nitrogen and oxygen atoms in total. The van der Waals surface area contributed by atoms with E-state index in [4.69, 9.17) is 0 Å². The molecule has 14 aromatic carbocycles. The van der Waals surface area contributed by atoms with E-state index in [1.165, 1.54) is 139 Å². The summed E-state index contributed by atoms with van der Waals surface area (Å²) in [6, 6.07) is 121. The number of benzene rings is 14. The quantitative estimate of drug-likeness (QED) is 0.159. The summed E-state index contributed by atoms with van der Waals surface area (Å²) in [6.45, 7) is 4.59. The van der Waals surface area contributed by atoms with Crippen molar-refractivity contribution >= 4 is 74.3 Å². The van der Waals surface area contributed by atoms with E-state index >= 15 is 0 Å². The third-order valence-electron chi connectivity index (χ3n) is 22.4. The van der Waals surface area contributed by atoms with Crippen molar-refractivity contribution < 1.29 is 0 Å². The van der Waals surface area contributed by atoms with Crippen molar-refractivity contribution in [1.29, 1.82) is 0 Å². The SMILES string of the molecule is CC1(C)c2ccccc2-c2c(N(c3ccccc3)c3cc4c5c(c3)N(c3ccccc3)c3c(ccc6c3-c3ccccc3C63c6ccccc6-c6ccccc63)B5c3ccc5c(c3N4c3ccccc3)-c3ccccc3C53c4ccccc4-c4ccccc43)cccc21. The fourth-order valence-electron chi connectivity index (χ4n) is 19.0. The largest absolute Gasteiger partial charge is 0.311 e. The van der Waals surface area contributed by atoms with Gasteiger partial charge in [-0.05, 0) is 166 Å². The van der Waals surface area contributed by atoms with Crippen LogP contribution < -0.4 is 31.1 Å². The molecule has 14 aromatic rings. The minimum absolute atomic E-state index is 0.206. The molecule has 0 atom stereocenters. The van der Waals surface area contributed by atoms with E-state index in [0.29, 0.717) is 0 Å². The lowest BCUT2D eigenvalue weighted by molar-refractivity contribution is 0.660. The molecule has 2 spiro atoms. The van der Waals surface area contributed by atoms with Crippen molar-refractivity contribution in [2.45, 2.75) is 30.1 Å². The minimum atomic E-state index is -0.563. The second-order valence-electron chi connectivity index (χ2n) is 26.8. The average molecular weight is 1180 g/mol. The molecule has 2 heterocycles. The third kappa shape index (κ3) is 6.27. The van der Waals surface area contributed by atoms with Gasteiger partial charge in [0.2, 0.25) is 0 Å². The summed E-state index contributed by atoms with van der Waals surface area (Å²) < 4.78 is 0. The maximum Gasteiger partial charge on any atom is 0.252 e. The van der Waals surface area contributed by atoms with Crippen molar-refractivity contribution in [1.82, 2.24) is 0 Å². The molecule has 7 aliphatic rings. The van der Waals surface area contributed by atoms with Gasteiger partial charge < -0.3 is 14.7 Å². The lowest BCUT2D eigenvalue weighted by atomic mass is 9.33. The molecule has 0 bridgehead atoms. The van der Waals surface area contributed by atoms with Gasteiger partial charge in [0.1, 0.15) is 0 Å². The van der Waals surface area contributed by atoms with Gasteiger partial charge in [0.15, 0.2) is 0 Å². The molecular weight excluding hydrogens is 1120 g/mol. The second-order valence-corrected chi connectivity index (χ2v) is 26.8. The van der Waals surface area contributed by atoms with Crippen molar-refractivity contribution in [3.8, 4) is 55.6 Å². The van der Waals surface area contributed by atoms with Gasteiger partial charge in [-0.15, -0.1) is 0 Å². The van der Waals surface area contributed by atoms with Gasteiger partial charge in [0.25, 0.3) is 6.71 Å². The molecule has 21 rings (SSSR count). The molecule has 0 radical (unpaired) electrons. The summed E-state index contributed by atoms with van der Waals surface area (Å²) in [6.07, 6.45) is 0. The summed E-state index contributed by atoms with van der Waals surface area (Å²) >= 11 is 0. The van der Waals surface area contributed by atoms with E-state index in [1.807, 2.05) is 0 Å². The molecule has 0 fully saturated rings. The summed E-state index contributed by atoms with van der Waals surface area (Å²) in [5.41, 5.74) is 39.0. The van der Waals surface area contributed by atoms with E-state index in [9.17, 15) is 0 Å². The first-order valence-corrected chi connectivity index (χ1v) is 32.9. The molecule has 93 heavy (non-hydrogen) atoms. The Morgan fingerprint density at radius 1 is 0.280 bits per heavy atom. The van der Waals surface area contributed by atoms with E-state index in [2.05, 4.69) is 344 Å². The highest BCUT2D eigenvalue weighted by molar-refractivity contribution is 7.00. The Morgan fingerprint density at radius 3 is 1.05 bits per heavy atom. The average Bonchev–Trinajstić information content (AvgIpc) is 1.56. The van der Waals surface area contributed by atoms with Crippen LogP contribution in [0.4, 0.5) is 51.2 Å². The van der Waals surface area contributed by atoms with Gasteiger partial charge in [-0.1, -0.05) is 275 Å². The maximum absolute atomic E-state index is 2.69. The number of hydrogen-bond donors (Lipinski definition) is 0. The number of para-hydroxylation sites is 3. The number of rotatable bonds is 5. The molecule has 0 aromatic heterocycles. The molecule has 4 heteroatoms. The van der Waals surface area contributed by atoms with Crippen LogP contribution in [0, 0.1) is 0 Å². The monoisotopic (exact) mass is 1180 g/mol. The van der Waals surface area contributed by atoms with Crippen molar-refractivity contribution in [3.63, 3.8) is 0 Å². The smallest absolute Gasteiger partial charge is 0.252 e. The van der Waals surface area contributed by atoms with Crippen LogP contribution in [-0.4, -0.2) is 6.71 Å². The zero-order valence-corrected chi connectivity index (χ0v) is 51.4. The van der Waals surface area contributed by atoms with Crippen molar-refractivity contribution in [2.24, 2.45) is 0 Å². The zero-order chi connectivity index (χ0) is 61.1. The lowest BCUT2D eigenvalue weighted by Gasteiger charge is -2.46. The van der Waals surface area contributed by atoms with Gasteiger partial charge in [-0.25, -0.2) is 0 Å². The van der Waals surface area contributed by atoms with Crippen molar-refractivity contribution in [2.75, 3.05) is 14.7 Å². The van der Waals surface area contributed by atoms with E-state index in [-0.39, 0.29) is 12.1 Å². The molecule has 0 unspecified atom stereocenters. The van der Waals surface area contributed by atoms with Crippen LogP contribution in [0.15, 0.2) is 315 Å². The molecule has 0 amide bonds. The normalized spacial score (nSPS) is 15.2. The highest BCUT2D eigenvalue weighted by atomic mass is 15.2. The fraction of sp³-hybridized carbons (Fsp3) is 0.0562. The Bertz CT molecular complexity index is 5230. The predicted octanol–water partition coefficient (Wildman–Crippen LogP) is 20.2. The van der Waals surface area contributed by atoms with Crippen LogP contribution >= 0.6 is 0 Å². The molecular formula is C89H58BN3. The first kappa shape index (κ1) is 51.3. The Balaban J connectivity index is 0.939. The highest BCUT2D eigenvalue weighted by Crippen LogP contribution is 2.68. The zero-order valence-electron chi connectivity index (χ0n) is 51.4. The molecule has 0 saturated carbocycles. The lowest BCUT2D eigenvalue weighted by Crippen LogP contribution is -2.61. The van der Waals surface area contributed by atoms with Gasteiger partial charge in [0, 0.05) is 61.9 Å². The summed E-state index contributed by atoms with van der Waals surface area (Å²) in [5, 5.41) is 0. The number of fused-ring (bicyclic) bond motifs is 29. The topological polar surface area (TPSA) is 9.72 Å². The Morgan fingerprint density at radius 2 is 0.624 bits per heavy atom. The predicted molar refractivity (Wildman–Crippen MR) is 385 cm³/mol. The number of hydrogen-bond acceptors (Lipinski definition) is 3. The van der Waals surface area contributed by atoms with Crippen LogP contribution in [-0.2, 0) is 16.2 Å². The Kier molecular flexibility index (Phi) is 10.1. The molecule has 0 saturated heterocycles. The van der Waals surface area contributed by atoms with E-state index in [0.717, 1.165) is 39.8 Å². The van der Waals surface area contributed by atoms with E-state index < -0.39 is 10.8 Å². The van der Waals surface area contributed by atoms with Gasteiger partial charge in [-0.2, -0.15) is 0 Å². The highest BCUT2D eigenvalue weighted by Gasteiger charge is 2.57. The molecule has 0 N–H and O–H groups in total. The van der Waals surface area contributed by atoms with Crippen LogP contribution in [0.2, 0.25) is 0 Å². The number of anilines is 9. The van der Waals surface area contributed by atoms with Crippen LogP contribution in [0.3, 0.4) is 0 Å². The summed E-state index contributed by atoms with van der Waals surface area (Å²) in [4.78, 5) is 7.95. The van der Waals surface area contributed by atoms with Crippen LogP contribution in [0.1, 0.15) is 69.5 Å². The van der Waals surface area contributed by atoms with Gasteiger partial charge in [0.05, 0.1) is 22.2 Å². The number of nitrogens with zero attached hydrogens (tertiary/aromatic N) is 3. The van der Waals surface area contributed by atoms with Gasteiger partial charge in [-0.3, -0.25) is 0 Å². The van der Waals surface area contributed by atoms with Crippen LogP contribution in [0.25, 0.3) is 55.6 Å². The van der Waals surface area contributed by atoms with E-state index in [1.54, 1.807) is 0 Å². The minimum Gasteiger partial charge on any atom is -0.311 e. The Labute approximate surface area is 542 Å². The fourth-order valence-corrected chi connectivity index (χ4v) is 19.0. The first-order valence-electron chi connectivity index (χ1n) is 32.9. The molecule has 2 aliphatic heterocycles. The molecule has 432 valence electrons. The Hall–Kier alpha value is -11.5. The maximum atomic E-state index is 2.69. The third-order valence-corrected chi connectivity index (χ3v) is 22.4. The van der Waals surface area contributed by atoms with Gasteiger partial charge >= 0.3 is 0 Å². The summed E-state index contributed by atoms with van der Waals surface area (Å²) in [7, 11) is 0. The van der Waals surface area contributed by atoms with Crippen LogP contribution in [0.5, 0.6) is 0 Å². The second kappa shape index (κ2) is 18.4. The summed E-state index contributed by atoms with van der Waals surface area (Å²) in [5.74, 6) is 0.